The van der Waals surface area contributed by atoms with Gasteiger partial charge in [0, 0.05) is 22.0 Å². The van der Waals surface area contributed by atoms with E-state index in [1.54, 1.807) is 0 Å². The summed E-state index contributed by atoms with van der Waals surface area (Å²) >= 11 is 0. The Bertz CT molecular complexity index is 131. The number of rotatable bonds is 0. The molecular weight excluding hydrogens is 206 g/mol. The Kier molecular flexibility index (Phi) is 38.6. The maximum Gasteiger partial charge on any atom is 1.00 e. The van der Waals surface area contributed by atoms with Crippen LogP contribution in [0.4, 0.5) is 0 Å². The van der Waals surface area contributed by atoms with Crippen molar-refractivity contribution < 1.29 is 85.1 Å². The second kappa shape index (κ2) is 17.1. The molecule has 0 rings (SSSR count). The van der Waals surface area contributed by atoms with E-state index in [4.69, 9.17) is 25.9 Å². The third-order valence-electron chi connectivity index (χ3n) is 0. The Morgan fingerprint density at radius 1 is 0.700 bits per heavy atom. The molecule has 2 N–H and O–H groups in total. The predicted molar refractivity (Wildman–Crippen MR) is 22.7 cm³/mol. The van der Waals surface area contributed by atoms with Gasteiger partial charge in [0.05, 0.1) is 0 Å². The van der Waals surface area contributed by atoms with Crippen molar-refractivity contribution in [3.05, 3.63) is 0 Å². The summed E-state index contributed by atoms with van der Waals surface area (Å²) in [5.41, 5.74) is 0. The third-order valence-corrected chi connectivity index (χ3v) is 0. The van der Waals surface area contributed by atoms with Crippen LogP contribution >= 0.6 is 0 Å². The maximum absolute atomic E-state index is 8.56. The molecule has 0 aliphatic rings. The molecule has 6 nitrogen and oxygen atoms in total. The molecule has 10 heavy (non-hydrogen) atoms. The molecule has 0 aliphatic carbocycles. The fourth-order valence-corrected chi connectivity index (χ4v) is 0. The molecule has 0 aliphatic heterocycles. The molecule has 0 heterocycles. The molecule has 0 aromatic carbocycles. The van der Waals surface area contributed by atoms with Crippen molar-refractivity contribution >= 4 is 22.0 Å². The van der Waals surface area contributed by atoms with Crippen LogP contribution in [0.3, 0.4) is 0 Å². The van der Waals surface area contributed by atoms with Crippen molar-refractivity contribution in [1.82, 2.24) is 0 Å². The Labute approximate surface area is 106 Å². The van der Waals surface area contributed by atoms with Crippen molar-refractivity contribution in [2.45, 2.75) is 0 Å². The van der Waals surface area contributed by atoms with E-state index in [2.05, 4.69) is 0 Å². The van der Waals surface area contributed by atoms with Gasteiger partial charge in [-0.2, -0.15) is 0 Å². The van der Waals surface area contributed by atoms with Gasteiger partial charge in [-0.15, -0.1) is 0 Å². The Hall–Kier alpha value is 1.82. The summed E-state index contributed by atoms with van der Waals surface area (Å²) in [6, 6.07) is 0. The monoisotopic (exact) mass is 208 g/mol. The minimum Gasteiger partial charge on any atom is -0.439 e. The first-order valence-corrected chi connectivity index (χ1v) is 3.10. The summed E-state index contributed by atoms with van der Waals surface area (Å²) in [7, 11) is -5.72. The molecule has 0 atom stereocenters. The molecule has 0 saturated carbocycles. The molecule has 0 fully saturated rings. The average Bonchev–Trinajstić information content (AvgIpc) is 1.25. The van der Waals surface area contributed by atoms with Crippen molar-refractivity contribution in [1.29, 1.82) is 0 Å². The van der Waals surface area contributed by atoms with E-state index < -0.39 is 22.0 Å². The van der Waals surface area contributed by atoms with Gasteiger partial charge in [0.15, 0.2) is 0 Å². The molecule has 0 saturated heterocycles. The zero-order valence-electron chi connectivity index (χ0n) is 5.34. The molecule has 0 aromatic rings. The minimum atomic E-state index is -2.86. The maximum atomic E-state index is 8.56. The number of hydrogen-bond donors (Lipinski definition) is 2. The number of hydrogen-bond acceptors (Lipinski definition) is 6. The van der Waals surface area contributed by atoms with E-state index in [1.807, 2.05) is 0 Å². The summed E-state index contributed by atoms with van der Waals surface area (Å²) in [6.07, 6.45) is 0. The third kappa shape index (κ3) is 231. The van der Waals surface area contributed by atoms with E-state index in [0.717, 1.165) is 0 Å². The molecule has 0 radical (unpaired) electrons. The van der Waals surface area contributed by atoms with Gasteiger partial charge in [0.2, 0.25) is 0 Å². The van der Waals surface area contributed by atoms with Crippen LogP contribution in [0.15, 0.2) is 0 Å². The summed E-state index contributed by atoms with van der Waals surface area (Å²) < 4.78 is 48.2. The van der Waals surface area contributed by atoms with Gasteiger partial charge in [-0.05, 0) is 0 Å². The van der Waals surface area contributed by atoms with Crippen LogP contribution in [0.2, 0.25) is 0 Å². The zero-order chi connectivity index (χ0) is 7.15. The molecule has 0 unspecified atom stereocenters. The van der Waals surface area contributed by atoms with Crippen LogP contribution in [0, 0.1) is 0 Å². The van der Waals surface area contributed by atoms with E-state index in [-0.39, 0.29) is 59.1 Å². The molecule has 10 heteroatoms. The first-order chi connectivity index (χ1) is 3.46. The smallest absolute Gasteiger partial charge is 0.439 e. The van der Waals surface area contributed by atoms with E-state index in [9.17, 15) is 0 Å². The summed E-state index contributed by atoms with van der Waals surface area (Å²) in [4.78, 5) is 0. The summed E-state index contributed by atoms with van der Waals surface area (Å²) in [6.45, 7) is 0. The van der Waals surface area contributed by atoms with Crippen LogP contribution < -0.4 is 59.1 Å². The summed E-state index contributed by atoms with van der Waals surface area (Å²) in [5, 5.41) is 0. The van der Waals surface area contributed by atoms with Crippen molar-refractivity contribution in [3.8, 4) is 0 Å². The average molecular weight is 208 g/mol. The molecule has 52 valence electrons. The minimum absolute atomic E-state index is 0. The van der Waals surface area contributed by atoms with Gasteiger partial charge >= 0.3 is 59.1 Å². The first kappa shape index (κ1) is 22.6. The van der Waals surface area contributed by atoms with Gasteiger partial charge < -0.3 is 25.9 Å². The second-order valence-electron chi connectivity index (χ2n) is 0.434. The Balaban J connectivity index is -0.0000000300. The normalized spacial score (nSPS) is 6.80. The van der Waals surface area contributed by atoms with Gasteiger partial charge in [-0.1, -0.05) is 0 Å². The molecule has 0 amide bonds. The Morgan fingerprint density at radius 2 is 0.700 bits per heavy atom. The Morgan fingerprint density at radius 3 is 0.700 bits per heavy atom. The van der Waals surface area contributed by atoms with Crippen LogP contribution in [-0.2, 0) is 38.8 Å². The quantitative estimate of drug-likeness (QED) is 0.177. The first-order valence-electron chi connectivity index (χ1n) is 1.03. The van der Waals surface area contributed by atoms with Gasteiger partial charge in [0.1, 0.15) is 0 Å². The van der Waals surface area contributed by atoms with Crippen molar-refractivity contribution in [3.63, 3.8) is 0 Å². The van der Waals surface area contributed by atoms with E-state index in [1.165, 1.54) is 0 Å². The van der Waals surface area contributed by atoms with Crippen molar-refractivity contribution in [2.24, 2.45) is 0 Å². The standard InChI is InChI=1S/2Na.2HO3S/c;;2*1-4(2)3/h;;2*(H,1,2,3)/q2*+1;2*-1. The van der Waals surface area contributed by atoms with E-state index >= 15 is 0 Å². The largest absolute Gasteiger partial charge is 1.00 e. The molecular formula is H2Na2O6S2. The van der Waals surface area contributed by atoms with Gasteiger partial charge in [-0.25, -0.2) is 0 Å². The fourth-order valence-electron chi connectivity index (χ4n) is 0. The SMILES string of the molecule is O=[S-](=O)O.O=[S-](=O)O.[Na+].[Na+]. The fraction of sp³-hybridized carbons (Fsp3) is 0. The van der Waals surface area contributed by atoms with Gasteiger partial charge in [0.25, 0.3) is 0 Å². The topological polar surface area (TPSA) is 109 Å². The molecule has 0 spiro atoms. The molecule has 0 bridgehead atoms. The van der Waals surface area contributed by atoms with Crippen molar-refractivity contribution in [2.75, 3.05) is 0 Å². The van der Waals surface area contributed by atoms with Crippen LogP contribution in [0.25, 0.3) is 0 Å². The van der Waals surface area contributed by atoms with Gasteiger partial charge in [-0.3, -0.25) is 0 Å². The molecule has 0 aromatic heterocycles. The van der Waals surface area contributed by atoms with Crippen LogP contribution in [0.5, 0.6) is 0 Å². The van der Waals surface area contributed by atoms with E-state index in [0.29, 0.717) is 0 Å². The van der Waals surface area contributed by atoms with Crippen LogP contribution in [-0.4, -0.2) is 9.11 Å². The summed E-state index contributed by atoms with van der Waals surface area (Å²) in [5.74, 6) is 0. The van der Waals surface area contributed by atoms with Crippen LogP contribution in [0.1, 0.15) is 0 Å². The second-order valence-corrected chi connectivity index (χ2v) is 1.30. The predicted octanol–water partition coefficient (Wildman–Crippen LogP) is -6.45. The zero-order valence-corrected chi connectivity index (χ0v) is 11.0.